The topological polar surface area (TPSA) is 65.2 Å². The minimum Gasteiger partial charge on any atom is -0.459 e. The highest BCUT2D eigenvalue weighted by Crippen LogP contribution is 2.09. The lowest BCUT2D eigenvalue weighted by Gasteiger charge is -2.06. The number of aromatic nitrogens is 1. The van der Waals surface area contributed by atoms with Crippen molar-refractivity contribution < 1.29 is 9.53 Å². The van der Waals surface area contributed by atoms with Crippen LogP contribution in [0.25, 0.3) is 0 Å². The number of rotatable bonds is 4. The molecule has 0 atom stereocenters. The number of aryl methyl sites for hydroxylation is 1. The fourth-order valence-electron chi connectivity index (χ4n) is 1.74. The Morgan fingerprint density at radius 1 is 1.32 bits per heavy atom. The van der Waals surface area contributed by atoms with Gasteiger partial charge in [0.15, 0.2) is 0 Å². The van der Waals surface area contributed by atoms with E-state index in [9.17, 15) is 4.79 Å². The molecular formula is C15H16N2O2. The van der Waals surface area contributed by atoms with Gasteiger partial charge in [-0.1, -0.05) is 18.2 Å². The number of anilines is 1. The van der Waals surface area contributed by atoms with Crippen LogP contribution in [0.3, 0.4) is 0 Å². The summed E-state index contributed by atoms with van der Waals surface area (Å²) in [6.45, 7) is 2.14. The Morgan fingerprint density at radius 3 is 2.89 bits per heavy atom. The maximum absolute atomic E-state index is 11.7. The first kappa shape index (κ1) is 13.1. The third kappa shape index (κ3) is 3.81. The molecule has 1 aromatic heterocycles. The van der Waals surface area contributed by atoms with Crippen LogP contribution < -0.4 is 5.73 Å². The molecule has 2 aromatic rings. The lowest BCUT2D eigenvalue weighted by molar-refractivity contribution is -0.144. The highest BCUT2D eigenvalue weighted by atomic mass is 16.5. The summed E-state index contributed by atoms with van der Waals surface area (Å²) in [5.74, 6) is -0.282. The van der Waals surface area contributed by atoms with Crippen LogP contribution in [0.1, 0.15) is 16.8 Å². The van der Waals surface area contributed by atoms with E-state index < -0.39 is 0 Å². The Labute approximate surface area is 112 Å². The second-order valence-corrected chi connectivity index (χ2v) is 4.35. The third-order valence-corrected chi connectivity index (χ3v) is 2.79. The molecule has 0 saturated carbocycles. The van der Waals surface area contributed by atoms with Gasteiger partial charge in [-0.05, 0) is 36.2 Å². The van der Waals surface area contributed by atoms with Crippen LogP contribution in [0.5, 0.6) is 0 Å². The maximum Gasteiger partial charge on any atom is 0.310 e. The van der Waals surface area contributed by atoms with E-state index in [1.807, 2.05) is 31.2 Å². The number of nitrogens with zero attached hydrogens (tertiary/aromatic N) is 1. The smallest absolute Gasteiger partial charge is 0.310 e. The summed E-state index contributed by atoms with van der Waals surface area (Å²) in [5, 5.41) is 0. The standard InChI is InChI=1S/C15H16N2O2/c1-11-4-3-7-17-14(11)10-19-15(18)9-12-5-2-6-13(16)8-12/h2-8H,9-10,16H2,1H3. The minimum absolute atomic E-state index is 0.202. The second-order valence-electron chi connectivity index (χ2n) is 4.35. The van der Waals surface area contributed by atoms with Crippen molar-refractivity contribution in [3.05, 3.63) is 59.4 Å². The molecule has 0 aliphatic carbocycles. The average Bonchev–Trinajstić information content (AvgIpc) is 2.38. The molecule has 0 amide bonds. The van der Waals surface area contributed by atoms with E-state index in [0.717, 1.165) is 16.8 Å². The Balaban J connectivity index is 1.90. The molecule has 4 nitrogen and oxygen atoms in total. The number of benzene rings is 1. The van der Waals surface area contributed by atoms with Crippen molar-refractivity contribution in [3.8, 4) is 0 Å². The molecule has 2 rings (SSSR count). The quantitative estimate of drug-likeness (QED) is 0.673. The first-order valence-corrected chi connectivity index (χ1v) is 6.05. The highest BCUT2D eigenvalue weighted by molar-refractivity contribution is 5.73. The van der Waals surface area contributed by atoms with Gasteiger partial charge in [-0.3, -0.25) is 9.78 Å². The van der Waals surface area contributed by atoms with Gasteiger partial charge in [-0.2, -0.15) is 0 Å². The molecule has 0 saturated heterocycles. The van der Waals surface area contributed by atoms with Crippen LogP contribution in [0.15, 0.2) is 42.6 Å². The first-order chi connectivity index (χ1) is 9.15. The van der Waals surface area contributed by atoms with E-state index in [0.29, 0.717) is 5.69 Å². The van der Waals surface area contributed by atoms with Crippen molar-refractivity contribution in [1.82, 2.24) is 4.98 Å². The number of carbonyl (C=O) groups is 1. The molecule has 0 bridgehead atoms. The fourth-order valence-corrected chi connectivity index (χ4v) is 1.74. The SMILES string of the molecule is Cc1cccnc1COC(=O)Cc1cccc(N)c1. The van der Waals surface area contributed by atoms with Gasteiger partial charge in [0.2, 0.25) is 0 Å². The van der Waals surface area contributed by atoms with E-state index in [2.05, 4.69) is 4.98 Å². The van der Waals surface area contributed by atoms with Crippen molar-refractivity contribution in [2.45, 2.75) is 20.0 Å². The molecular weight excluding hydrogens is 240 g/mol. The lowest BCUT2D eigenvalue weighted by Crippen LogP contribution is -2.09. The van der Waals surface area contributed by atoms with Crippen molar-refractivity contribution in [2.24, 2.45) is 0 Å². The number of hydrogen-bond acceptors (Lipinski definition) is 4. The predicted molar refractivity (Wildman–Crippen MR) is 73.3 cm³/mol. The molecule has 98 valence electrons. The summed E-state index contributed by atoms with van der Waals surface area (Å²) in [6.07, 6.45) is 1.91. The molecule has 0 unspecified atom stereocenters. The second kappa shape index (κ2) is 6.00. The van der Waals surface area contributed by atoms with Crippen LogP contribution in [0, 0.1) is 6.92 Å². The van der Waals surface area contributed by atoms with Crippen molar-refractivity contribution in [3.63, 3.8) is 0 Å². The van der Waals surface area contributed by atoms with Crippen LogP contribution in [0.4, 0.5) is 5.69 Å². The fraction of sp³-hybridized carbons (Fsp3) is 0.200. The van der Waals surface area contributed by atoms with Crippen LogP contribution in [0.2, 0.25) is 0 Å². The lowest BCUT2D eigenvalue weighted by atomic mass is 10.1. The van der Waals surface area contributed by atoms with Gasteiger partial charge < -0.3 is 10.5 Å². The summed E-state index contributed by atoms with van der Waals surface area (Å²) < 4.78 is 5.21. The number of esters is 1. The molecule has 0 fully saturated rings. The van der Waals surface area contributed by atoms with Crippen molar-refractivity contribution in [1.29, 1.82) is 0 Å². The molecule has 2 N–H and O–H groups in total. The van der Waals surface area contributed by atoms with Crippen LogP contribution in [-0.2, 0) is 22.6 Å². The summed E-state index contributed by atoms with van der Waals surface area (Å²) in [4.78, 5) is 15.9. The molecule has 0 aliphatic rings. The van der Waals surface area contributed by atoms with Gasteiger partial charge in [0, 0.05) is 11.9 Å². The predicted octanol–water partition coefficient (Wildman–Crippen LogP) is 2.26. The van der Waals surface area contributed by atoms with E-state index >= 15 is 0 Å². The first-order valence-electron chi connectivity index (χ1n) is 6.05. The largest absolute Gasteiger partial charge is 0.459 e. The van der Waals surface area contributed by atoms with E-state index in [4.69, 9.17) is 10.5 Å². The minimum atomic E-state index is -0.282. The van der Waals surface area contributed by atoms with Gasteiger partial charge in [0.05, 0.1) is 12.1 Å². The van der Waals surface area contributed by atoms with Gasteiger partial charge in [-0.15, -0.1) is 0 Å². The van der Waals surface area contributed by atoms with E-state index in [1.54, 1.807) is 18.3 Å². The van der Waals surface area contributed by atoms with Gasteiger partial charge in [0.1, 0.15) is 6.61 Å². The zero-order valence-electron chi connectivity index (χ0n) is 10.8. The molecule has 1 aromatic carbocycles. The highest BCUT2D eigenvalue weighted by Gasteiger charge is 2.07. The van der Waals surface area contributed by atoms with Crippen LogP contribution in [-0.4, -0.2) is 11.0 Å². The Kier molecular flexibility index (Phi) is 4.13. The molecule has 19 heavy (non-hydrogen) atoms. The molecule has 0 spiro atoms. The molecule has 4 heteroatoms. The number of nitrogen functional groups attached to an aromatic ring is 1. The van der Waals surface area contributed by atoms with Gasteiger partial charge in [-0.25, -0.2) is 0 Å². The Morgan fingerprint density at radius 2 is 2.16 bits per heavy atom. The van der Waals surface area contributed by atoms with Gasteiger partial charge in [0.25, 0.3) is 0 Å². The third-order valence-electron chi connectivity index (χ3n) is 2.79. The average molecular weight is 256 g/mol. The van der Waals surface area contributed by atoms with E-state index in [-0.39, 0.29) is 19.0 Å². The zero-order chi connectivity index (χ0) is 13.7. The number of ether oxygens (including phenoxy) is 1. The molecule has 0 radical (unpaired) electrons. The van der Waals surface area contributed by atoms with E-state index in [1.165, 1.54) is 0 Å². The summed E-state index contributed by atoms with van der Waals surface area (Å²) in [6, 6.07) is 11.0. The summed E-state index contributed by atoms with van der Waals surface area (Å²) >= 11 is 0. The molecule has 1 heterocycles. The summed E-state index contributed by atoms with van der Waals surface area (Å²) in [7, 11) is 0. The number of nitrogens with two attached hydrogens (primary N) is 1. The Hall–Kier alpha value is -2.36. The van der Waals surface area contributed by atoms with Crippen molar-refractivity contribution >= 4 is 11.7 Å². The zero-order valence-corrected chi connectivity index (χ0v) is 10.8. The number of carbonyl (C=O) groups excluding carboxylic acids is 1. The Bertz CT molecular complexity index is 582. The maximum atomic E-state index is 11.7. The number of hydrogen-bond donors (Lipinski definition) is 1. The van der Waals surface area contributed by atoms with Gasteiger partial charge >= 0.3 is 5.97 Å². The molecule has 0 aliphatic heterocycles. The monoisotopic (exact) mass is 256 g/mol. The van der Waals surface area contributed by atoms with Crippen molar-refractivity contribution in [2.75, 3.05) is 5.73 Å². The summed E-state index contributed by atoms with van der Waals surface area (Å²) in [5.41, 5.74) is 8.95. The van der Waals surface area contributed by atoms with Crippen LogP contribution >= 0.6 is 0 Å². The normalized spacial score (nSPS) is 10.2. The number of pyridine rings is 1.